The lowest BCUT2D eigenvalue weighted by Gasteiger charge is -2.32. The molecule has 0 aliphatic carbocycles. The third-order valence-electron chi connectivity index (χ3n) is 5.76. The number of hydrogen-bond acceptors (Lipinski definition) is 5. The zero-order valence-electron chi connectivity index (χ0n) is 19.2. The third-order valence-corrected chi connectivity index (χ3v) is 5.76. The fourth-order valence-electron chi connectivity index (χ4n) is 4.06. The van der Waals surface area contributed by atoms with Gasteiger partial charge in [0.2, 0.25) is 5.91 Å². The number of likely N-dealkylation sites (tertiary alicyclic amines) is 1. The second kappa shape index (κ2) is 10.1. The van der Waals surface area contributed by atoms with Crippen molar-refractivity contribution in [1.82, 2.24) is 19.6 Å². The molecule has 33 heavy (non-hydrogen) atoms. The maximum absolute atomic E-state index is 14.3. The monoisotopic (exact) mass is 462 g/mol. The summed E-state index contributed by atoms with van der Waals surface area (Å²) in [6, 6.07) is 3.12. The zero-order valence-corrected chi connectivity index (χ0v) is 19.2. The molecule has 8 nitrogen and oxygen atoms in total. The zero-order chi connectivity index (χ0) is 24.3. The lowest BCUT2D eigenvalue weighted by Crippen LogP contribution is -2.47. The number of likely N-dealkylation sites (N-methyl/N-ethyl adjacent to an activating group) is 1. The Morgan fingerprint density at radius 2 is 1.97 bits per heavy atom. The van der Waals surface area contributed by atoms with Crippen LogP contribution in [0.5, 0.6) is 0 Å². The summed E-state index contributed by atoms with van der Waals surface area (Å²) in [6.45, 7) is 5.84. The van der Waals surface area contributed by atoms with Crippen molar-refractivity contribution in [1.29, 1.82) is 0 Å². The van der Waals surface area contributed by atoms with Crippen LogP contribution in [0.25, 0.3) is 5.69 Å². The van der Waals surface area contributed by atoms with Gasteiger partial charge in [-0.3, -0.25) is 14.4 Å². The topological polar surface area (TPSA) is 84.7 Å². The number of nitrogens with zero attached hydrogens (tertiary/aromatic N) is 4. The van der Waals surface area contributed by atoms with Crippen molar-refractivity contribution in [3.63, 3.8) is 0 Å². The van der Waals surface area contributed by atoms with Crippen LogP contribution in [-0.4, -0.2) is 70.7 Å². The Morgan fingerprint density at radius 1 is 1.24 bits per heavy atom. The van der Waals surface area contributed by atoms with Gasteiger partial charge in [0.15, 0.2) is 5.82 Å². The smallest absolute Gasteiger partial charge is 0.310 e. The predicted molar refractivity (Wildman–Crippen MR) is 116 cm³/mol. The number of halogens is 2. The number of amides is 2. The third kappa shape index (κ3) is 5.20. The van der Waals surface area contributed by atoms with Crippen molar-refractivity contribution in [3.8, 4) is 5.69 Å². The first-order valence-electron chi connectivity index (χ1n) is 10.9. The molecule has 2 heterocycles. The van der Waals surface area contributed by atoms with Crippen LogP contribution in [0.15, 0.2) is 18.2 Å². The van der Waals surface area contributed by atoms with Gasteiger partial charge in [-0.05, 0) is 45.7 Å². The van der Waals surface area contributed by atoms with Crippen molar-refractivity contribution >= 4 is 17.8 Å². The molecule has 2 amide bonds. The second-order valence-corrected chi connectivity index (χ2v) is 8.15. The number of carbonyl (C=O) groups excluding carboxylic acids is 3. The van der Waals surface area contributed by atoms with Gasteiger partial charge < -0.3 is 14.5 Å². The molecule has 0 radical (unpaired) electrons. The molecule has 1 aromatic carbocycles. The average Bonchev–Trinajstić information content (AvgIpc) is 3.07. The van der Waals surface area contributed by atoms with E-state index in [0.29, 0.717) is 30.8 Å². The first kappa shape index (κ1) is 24.3. The van der Waals surface area contributed by atoms with Gasteiger partial charge in [-0.1, -0.05) is 0 Å². The fraction of sp³-hybridized carbons (Fsp3) is 0.478. The quantitative estimate of drug-likeness (QED) is 0.617. The van der Waals surface area contributed by atoms with E-state index in [1.54, 1.807) is 25.7 Å². The molecule has 0 spiro atoms. The molecule has 1 saturated heterocycles. The summed E-state index contributed by atoms with van der Waals surface area (Å²) in [5.74, 6) is -2.90. The van der Waals surface area contributed by atoms with E-state index in [1.165, 1.54) is 22.7 Å². The van der Waals surface area contributed by atoms with E-state index in [9.17, 15) is 23.2 Å². The van der Waals surface area contributed by atoms with Gasteiger partial charge in [0.1, 0.15) is 11.5 Å². The molecule has 1 aliphatic heterocycles. The van der Waals surface area contributed by atoms with Crippen LogP contribution in [0.1, 0.15) is 41.5 Å². The van der Waals surface area contributed by atoms with Gasteiger partial charge in [0.05, 0.1) is 36.0 Å². The molecule has 10 heteroatoms. The molecule has 1 aliphatic rings. The Labute approximate surface area is 191 Å². The minimum atomic E-state index is -0.801. The Hall–Kier alpha value is -3.30. The molecule has 0 N–H and O–H groups in total. The van der Waals surface area contributed by atoms with Crippen LogP contribution in [-0.2, 0) is 14.3 Å². The SMILES string of the molecule is CCOC(=O)C1CCCN(C(=O)CN(C)C(=O)c2c(C)nn(-c3ccc(F)cc3F)c2C)C1. The molecular weight excluding hydrogens is 434 g/mol. The maximum atomic E-state index is 14.3. The highest BCUT2D eigenvalue weighted by molar-refractivity contribution is 5.98. The molecule has 1 aromatic heterocycles. The van der Waals surface area contributed by atoms with Crippen molar-refractivity contribution in [3.05, 3.63) is 46.8 Å². The lowest BCUT2D eigenvalue weighted by atomic mass is 9.98. The number of carbonyl (C=O) groups is 3. The summed E-state index contributed by atoms with van der Waals surface area (Å²) in [5.41, 5.74) is 1.01. The predicted octanol–water partition coefficient (Wildman–Crippen LogP) is 2.64. The Balaban J connectivity index is 1.73. The highest BCUT2D eigenvalue weighted by Crippen LogP contribution is 2.22. The van der Waals surface area contributed by atoms with Crippen molar-refractivity contribution in [2.24, 2.45) is 5.92 Å². The Morgan fingerprint density at radius 3 is 2.64 bits per heavy atom. The van der Waals surface area contributed by atoms with Gasteiger partial charge in [-0.25, -0.2) is 13.5 Å². The first-order chi connectivity index (χ1) is 15.6. The van der Waals surface area contributed by atoms with E-state index in [4.69, 9.17) is 4.74 Å². The number of rotatable bonds is 6. The molecule has 1 unspecified atom stereocenters. The van der Waals surface area contributed by atoms with Gasteiger partial charge in [-0.2, -0.15) is 5.10 Å². The van der Waals surface area contributed by atoms with Crippen LogP contribution < -0.4 is 0 Å². The van der Waals surface area contributed by atoms with E-state index in [2.05, 4.69) is 5.10 Å². The van der Waals surface area contributed by atoms with E-state index >= 15 is 0 Å². The van der Waals surface area contributed by atoms with Crippen LogP contribution in [0.4, 0.5) is 8.78 Å². The normalized spacial score (nSPS) is 15.9. The molecule has 1 fully saturated rings. The summed E-state index contributed by atoms with van der Waals surface area (Å²) < 4.78 is 33.8. The molecular formula is C23H28F2N4O4. The lowest BCUT2D eigenvalue weighted by molar-refractivity contribution is -0.151. The van der Waals surface area contributed by atoms with Crippen molar-refractivity contribution in [2.75, 3.05) is 33.3 Å². The minimum Gasteiger partial charge on any atom is -0.466 e. The summed E-state index contributed by atoms with van der Waals surface area (Å²) >= 11 is 0. The van der Waals surface area contributed by atoms with Crippen LogP contribution in [0.2, 0.25) is 0 Å². The summed E-state index contributed by atoms with van der Waals surface area (Å²) in [7, 11) is 1.50. The largest absolute Gasteiger partial charge is 0.466 e. The number of aryl methyl sites for hydroxylation is 1. The van der Waals surface area contributed by atoms with E-state index in [0.717, 1.165) is 12.1 Å². The number of hydrogen-bond donors (Lipinski definition) is 0. The van der Waals surface area contributed by atoms with Gasteiger partial charge in [0.25, 0.3) is 5.91 Å². The minimum absolute atomic E-state index is 0.0214. The van der Waals surface area contributed by atoms with Crippen molar-refractivity contribution in [2.45, 2.75) is 33.6 Å². The molecule has 0 bridgehead atoms. The fourth-order valence-corrected chi connectivity index (χ4v) is 4.06. The Kier molecular flexibility index (Phi) is 7.45. The summed E-state index contributed by atoms with van der Waals surface area (Å²) in [6.07, 6.45) is 1.34. The maximum Gasteiger partial charge on any atom is 0.310 e. The standard InChI is InChI=1S/C23H28F2N4O4/c1-5-33-23(32)16-7-6-10-28(12-16)20(30)13-27(4)22(31)21-14(2)26-29(15(21)3)19-9-8-17(24)11-18(19)25/h8-9,11,16H,5-7,10,12-13H2,1-4H3. The van der Waals surface area contributed by atoms with E-state index < -0.39 is 17.5 Å². The number of aromatic nitrogens is 2. The second-order valence-electron chi connectivity index (χ2n) is 8.15. The number of benzene rings is 1. The van der Waals surface area contributed by atoms with E-state index in [1.807, 2.05) is 0 Å². The van der Waals surface area contributed by atoms with Crippen LogP contribution in [0.3, 0.4) is 0 Å². The van der Waals surface area contributed by atoms with Crippen LogP contribution >= 0.6 is 0 Å². The molecule has 178 valence electrons. The summed E-state index contributed by atoms with van der Waals surface area (Å²) in [4.78, 5) is 40.8. The average molecular weight is 462 g/mol. The molecule has 1 atom stereocenters. The molecule has 2 aromatic rings. The van der Waals surface area contributed by atoms with Gasteiger partial charge >= 0.3 is 5.97 Å². The van der Waals surface area contributed by atoms with E-state index in [-0.39, 0.29) is 48.7 Å². The molecule has 0 saturated carbocycles. The van der Waals surface area contributed by atoms with Crippen LogP contribution in [0, 0.1) is 31.4 Å². The molecule has 3 rings (SSSR count). The van der Waals surface area contributed by atoms with Crippen molar-refractivity contribution < 1.29 is 27.9 Å². The summed E-state index contributed by atoms with van der Waals surface area (Å²) in [5, 5.41) is 4.25. The highest BCUT2D eigenvalue weighted by atomic mass is 19.1. The highest BCUT2D eigenvalue weighted by Gasteiger charge is 2.31. The van der Waals surface area contributed by atoms with Gasteiger partial charge in [-0.15, -0.1) is 0 Å². The number of esters is 1. The first-order valence-corrected chi connectivity index (χ1v) is 10.9. The number of ether oxygens (including phenoxy) is 1. The Bertz CT molecular complexity index is 1070. The number of piperidine rings is 1. The van der Waals surface area contributed by atoms with Gasteiger partial charge in [0, 0.05) is 26.2 Å².